The highest BCUT2D eigenvalue weighted by molar-refractivity contribution is 5.97. The highest BCUT2D eigenvalue weighted by Crippen LogP contribution is 2.20. The fourth-order valence-electron chi connectivity index (χ4n) is 3.33. The first-order valence-electron chi connectivity index (χ1n) is 8.71. The summed E-state index contributed by atoms with van der Waals surface area (Å²) in [5.74, 6) is -0.0959. The Bertz CT molecular complexity index is 754. The first-order valence-corrected chi connectivity index (χ1v) is 8.71. The normalized spacial score (nSPS) is 16.9. The molecule has 132 valence electrons. The minimum absolute atomic E-state index is 0.0123. The molecule has 0 aliphatic carbocycles. The minimum Gasteiger partial charge on any atom is -0.331 e. The number of amides is 2. The second kappa shape index (κ2) is 7.51. The Morgan fingerprint density at radius 3 is 2.68 bits per heavy atom. The number of aromatic nitrogens is 2. The molecule has 2 amide bonds. The van der Waals surface area contributed by atoms with Crippen molar-refractivity contribution in [1.29, 1.82) is 0 Å². The fourth-order valence-corrected chi connectivity index (χ4v) is 3.33. The Kier molecular flexibility index (Phi) is 5.16. The Balaban J connectivity index is 1.59. The van der Waals surface area contributed by atoms with Crippen molar-refractivity contribution < 1.29 is 9.59 Å². The number of hydrogen-bond acceptors (Lipinski definition) is 3. The molecule has 1 atom stereocenters. The summed E-state index contributed by atoms with van der Waals surface area (Å²) in [5, 5.41) is 7.29. The summed E-state index contributed by atoms with van der Waals surface area (Å²) >= 11 is 0. The van der Waals surface area contributed by atoms with Gasteiger partial charge in [0.15, 0.2) is 0 Å². The van der Waals surface area contributed by atoms with Gasteiger partial charge in [0.1, 0.15) is 6.04 Å². The first-order chi connectivity index (χ1) is 12.0. The second-order valence-corrected chi connectivity index (χ2v) is 6.50. The number of carbonyl (C=O) groups is 2. The van der Waals surface area contributed by atoms with Crippen LogP contribution in [0.5, 0.6) is 0 Å². The zero-order valence-electron chi connectivity index (χ0n) is 14.7. The summed E-state index contributed by atoms with van der Waals surface area (Å²) in [7, 11) is 0. The van der Waals surface area contributed by atoms with Gasteiger partial charge in [0, 0.05) is 30.9 Å². The van der Waals surface area contributed by atoms with Crippen LogP contribution in [-0.4, -0.2) is 39.1 Å². The van der Waals surface area contributed by atoms with E-state index in [-0.39, 0.29) is 17.9 Å². The van der Waals surface area contributed by atoms with Gasteiger partial charge in [0.25, 0.3) is 0 Å². The topological polar surface area (TPSA) is 67.2 Å². The quantitative estimate of drug-likeness (QED) is 0.909. The molecule has 1 aliphatic heterocycles. The SMILES string of the molecule is Cc1cc(C)n(CCC(=O)N2CCC[C@@H]2C(=O)Nc2ccccc2)n1. The summed E-state index contributed by atoms with van der Waals surface area (Å²) in [6.45, 7) is 5.11. The van der Waals surface area contributed by atoms with Crippen molar-refractivity contribution in [2.24, 2.45) is 0 Å². The molecule has 1 fully saturated rings. The smallest absolute Gasteiger partial charge is 0.247 e. The molecule has 6 nitrogen and oxygen atoms in total. The molecule has 1 aliphatic rings. The Morgan fingerprint density at radius 1 is 1.24 bits per heavy atom. The number of nitrogens with zero attached hydrogens (tertiary/aromatic N) is 3. The van der Waals surface area contributed by atoms with E-state index in [1.165, 1.54) is 0 Å². The summed E-state index contributed by atoms with van der Waals surface area (Å²) < 4.78 is 1.85. The summed E-state index contributed by atoms with van der Waals surface area (Å²) in [4.78, 5) is 26.9. The van der Waals surface area contributed by atoms with Gasteiger partial charge < -0.3 is 10.2 Å². The lowest BCUT2D eigenvalue weighted by Gasteiger charge is -2.24. The molecular weight excluding hydrogens is 316 g/mol. The van der Waals surface area contributed by atoms with Crippen LogP contribution in [0.1, 0.15) is 30.7 Å². The summed E-state index contributed by atoms with van der Waals surface area (Å²) in [6, 6.07) is 11.0. The molecule has 1 aromatic heterocycles. The molecule has 0 saturated carbocycles. The number of carbonyl (C=O) groups excluding carboxylic acids is 2. The maximum atomic E-state index is 12.6. The highest BCUT2D eigenvalue weighted by atomic mass is 16.2. The molecule has 1 N–H and O–H groups in total. The van der Waals surface area contributed by atoms with Gasteiger partial charge in [0.05, 0.1) is 5.69 Å². The fraction of sp³-hybridized carbons (Fsp3) is 0.421. The third-order valence-corrected chi connectivity index (χ3v) is 4.56. The predicted octanol–water partition coefficient (Wildman–Crippen LogP) is 2.52. The van der Waals surface area contributed by atoms with Crippen LogP contribution in [0.15, 0.2) is 36.4 Å². The monoisotopic (exact) mass is 340 g/mol. The number of aryl methyl sites for hydroxylation is 3. The molecule has 6 heteroatoms. The van der Waals surface area contributed by atoms with E-state index in [0.29, 0.717) is 25.9 Å². The lowest BCUT2D eigenvalue weighted by Crippen LogP contribution is -2.43. The first kappa shape index (κ1) is 17.2. The van der Waals surface area contributed by atoms with E-state index < -0.39 is 0 Å². The lowest BCUT2D eigenvalue weighted by molar-refractivity contribution is -0.136. The van der Waals surface area contributed by atoms with Crippen LogP contribution in [0, 0.1) is 13.8 Å². The van der Waals surface area contributed by atoms with Crippen molar-refractivity contribution >= 4 is 17.5 Å². The largest absolute Gasteiger partial charge is 0.331 e. The Morgan fingerprint density at radius 2 is 2.00 bits per heavy atom. The van der Waals surface area contributed by atoms with Crippen LogP contribution in [0.4, 0.5) is 5.69 Å². The van der Waals surface area contributed by atoms with E-state index in [4.69, 9.17) is 0 Å². The van der Waals surface area contributed by atoms with Gasteiger partial charge in [-0.15, -0.1) is 0 Å². The van der Waals surface area contributed by atoms with Crippen LogP contribution in [0.3, 0.4) is 0 Å². The molecule has 2 heterocycles. The molecule has 1 saturated heterocycles. The molecular formula is C19H24N4O2. The van der Waals surface area contributed by atoms with Crippen LogP contribution < -0.4 is 5.32 Å². The van der Waals surface area contributed by atoms with Crippen LogP contribution in [0.2, 0.25) is 0 Å². The predicted molar refractivity (Wildman–Crippen MR) is 96.1 cm³/mol. The number of para-hydroxylation sites is 1. The van der Waals surface area contributed by atoms with E-state index >= 15 is 0 Å². The number of benzene rings is 1. The van der Waals surface area contributed by atoms with E-state index in [9.17, 15) is 9.59 Å². The van der Waals surface area contributed by atoms with Crippen molar-refractivity contribution in [3.05, 3.63) is 47.8 Å². The third kappa shape index (κ3) is 4.07. The van der Waals surface area contributed by atoms with E-state index in [0.717, 1.165) is 23.5 Å². The number of hydrogen-bond donors (Lipinski definition) is 1. The van der Waals surface area contributed by atoms with Gasteiger partial charge in [-0.2, -0.15) is 5.10 Å². The maximum absolute atomic E-state index is 12.6. The van der Waals surface area contributed by atoms with Crippen LogP contribution >= 0.6 is 0 Å². The van der Waals surface area contributed by atoms with E-state index in [1.807, 2.05) is 54.9 Å². The Hall–Kier alpha value is -2.63. The summed E-state index contributed by atoms with van der Waals surface area (Å²) in [6.07, 6.45) is 1.93. The van der Waals surface area contributed by atoms with Crippen molar-refractivity contribution in [2.75, 3.05) is 11.9 Å². The molecule has 0 spiro atoms. The maximum Gasteiger partial charge on any atom is 0.247 e. The Labute approximate surface area is 147 Å². The zero-order valence-corrected chi connectivity index (χ0v) is 14.7. The van der Waals surface area contributed by atoms with Gasteiger partial charge in [-0.3, -0.25) is 14.3 Å². The van der Waals surface area contributed by atoms with Gasteiger partial charge in [-0.05, 0) is 44.9 Å². The zero-order chi connectivity index (χ0) is 17.8. The van der Waals surface area contributed by atoms with E-state index in [2.05, 4.69) is 10.4 Å². The molecule has 0 unspecified atom stereocenters. The minimum atomic E-state index is -0.381. The van der Waals surface area contributed by atoms with Crippen molar-refractivity contribution in [3.63, 3.8) is 0 Å². The molecule has 1 aromatic carbocycles. The number of anilines is 1. The number of nitrogens with one attached hydrogen (secondary N) is 1. The average Bonchev–Trinajstić information content (AvgIpc) is 3.20. The van der Waals surface area contributed by atoms with Crippen LogP contribution in [0.25, 0.3) is 0 Å². The highest BCUT2D eigenvalue weighted by Gasteiger charge is 2.33. The standard InChI is InChI=1S/C19H24N4O2/c1-14-13-15(2)23(21-14)12-10-18(24)22-11-6-9-17(22)19(25)20-16-7-4-3-5-8-16/h3-5,7-8,13,17H,6,9-12H2,1-2H3,(H,20,25)/t17-/m1/s1. The lowest BCUT2D eigenvalue weighted by atomic mass is 10.2. The number of likely N-dealkylation sites (tertiary alicyclic amines) is 1. The van der Waals surface area contributed by atoms with Crippen molar-refractivity contribution in [1.82, 2.24) is 14.7 Å². The van der Waals surface area contributed by atoms with E-state index in [1.54, 1.807) is 4.90 Å². The molecule has 2 aromatic rings. The molecule has 0 bridgehead atoms. The van der Waals surface area contributed by atoms with Crippen molar-refractivity contribution in [3.8, 4) is 0 Å². The van der Waals surface area contributed by atoms with Crippen LogP contribution in [-0.2, 0) is 16.1 Å². The van der Waals surface area contributed by atoms with Gasteiger partial charge in [0.2, 0.25) is 11.8 Å². The third-order valence-electron chi connectivity index (χ3n) is 4.56. The molecule has 0 radical (unpaired) electrons. The van der Waals surface area contributed by atoms with Gasteiger partial charge >= 0.3 is 0 Å². The number of rotatable bonds is 5. The van der Waals surface area contributed by atoms with Gasteiger partial charge in [-0.25, -0.2) is 0 Å². The molecule has 3 rings (SSSR count). The average molecular weight is 340 g/mol. The van der Waals surface area contributed by atoms with Crippen molar-refractivity contribution in [2.45, 2.75) is 45.7 Å². The second-order valence-electron chi connectivity index (χ2n) is 6.50. The molecule has 25 heavy (non-hydrogen) atoms. The summed E-state index contributed by atoms with van der Waals surface area (Å²) in [5.41, 5.74) is 2.76. The van der Waals surface area contributed by atoms with Gasteiger partial charge in [-0.1, -0.05) is 18.2 Å².